The molecule has 0 saturated heterocycles. The molecule has 5 heteroatoms. The van der Waals surface area contributed by atoms with E-state index in [1.165, 1.54) is 0 Å². The fraction of sp³-hybridized carbons (Fsp3) is 0.714. The molecule has 1 aromatic heterocycles. The van der Waals surface area contributed by atoms with Gasteiger partial charge in [0.25, 0.3) is 0 Å². The molecule has 1 aromatic rings. The monoisotopic (exact) mass is 265 g/mol. The van der Waals surface area contributed by atoms with Crippen LogP contribution in [0.5, 0.6) is 0 Å². The Balaban J connectivity index is 2.90. The van der Waals surface area contributed by atoms with Crippen molar-refractivity contribution >= 4 is 11.6 Å². The molecule has 0 aromatic carbocycles. The summed E-state index contributed by atoms with van der Waals surface area (Å²) in [5.41, 5.74) is 5.58. The van der Waals surface area contributed by atoms with Crippen molar-refractivity contribution < 1.29 is 0 Å². The molecule has 0 aliphatic heterocycles. The van der Waals surface area contributed by atoms with Gasteiger partial charge < -0.3 is 16.0 Å². The van der Waals surface area contributed by atoms with E-state index in [4.69, 9.17) is 5.73 Å². The lowest BCUT2D eigenvalue weighted by Gasteiger charge is -2.27. The summed E-state index contributed by atoms with van der Waals surface area (Å²) >= 11 is 0. The molecule has 0 amide bonds. The van der Waals surface area contributed by atoms with Crippen LogP contribution in [0.4, 0.5) is 11.6 Å². The second kappa shape index (κ2) is 6.70. The minimum absolute atomic E-state index is 0.0594. The average molecular weight is 265 g/mol. The molecule has 19 heavy (non-hydrogen) atoms. The summed E-state index contributed by atoms with van der Waals surface area (Å²) in [6, 6.07) is 2.00. The lowest BCUT2D eigenvalue weighted by Crippen LogP contribution is -2.34. The van der Waals surface area contributed by atoms with Crippen molar-refractivity contribution in [2.75, 3.05) is 30.4 Å². The van der Waals surface area contributed by atoms with Crippen LogP contribution < -0.4 is 16.0 Å². The van der Waals surface area contributed by atoms with E-state index in [0.29, 0.717) is 6.54 Å². The first-order chi connectivity index (χ1) is 8.88. The van der Waals surface area contributed by atoms with Crippen LogP contribution in [0.15, 0.2) is 6.07 Å². The molecule has 0 fully saturated rings. The molecule has 0 saturated carbocycles. The van der Waals surface area contributed by atoms with Gasteiger partial charge in [-0.2, -0.15) is 0 Å². The second-order valence-corrected chi connectivity index (χ2v) is 5.63. The zero-order chi connectivity index (χ0) is 14.5. The summed E-state index contributed by atoms with van der Waals surface area (Å²) in [7, 11) is 2.06. The maximum absolute atomic E-state index is 5.63. The summed E-state index contributed by atoms with van der Waals surface area (Å²) in [6.07, 6.45) is 2.00. The first kappa shape index (κ1) is 15.7. The van der Waals surface area contributed by atoms with Crippen molar-refractivity contribution in [2.45, 2.75) is 46.1 Å². The Hall–Kier alpha value is -1.36. The van der Waals surface area contributed by atoms with Gasteiger partial charge in [-0.05, 0) is 40.2 Å². The predicted octanol–water partition coefficient (Wildman–Crippen LogP) is 2.17. The molecule has 0 spiro atoms. The number of nitrogens with one attached hydrogen (secondary N) is 1. The zero-order valence-corrected chi connectivity index (χ0v) is 12.8. The maximum Gasteiger partial charge on any atom is 0.134 e. The van der Waals surface area contributed by atoms with E-state index in [-0.39, 0.29) is 5.54 Å². The largest absolute Gasteiger partial charge is 0.365 e. The Morgan fingerprint density at radius 1 is 1.37 bits per heavy atom. The zero-order valence-electron chi connectivity index (χ0n) is 12.8. The SMILES string of the molecule is CCCN(C)c1cc(NC(C)(C)CCN)nc(C)n1. The van der Waals surface area contributed by atoms with Crippen LogP contribution in [-0.4, -0.2) is 35.6 Å². The van der Waals surface area contributed by atoms with Crippen LogP contribution in [0.1, 0.15) is 39.4 Å². The quantitative estimate of drug-likeness (QED) is 0.791. The van der Waals surface area contributed by atoms with Crippen molar-refractivity contribution in [3.8, 4) is 0 Å². The first-order valence-electron chi connectivity index (χ1n) is 6.93. The van der Waals surface area contributed by atoms with Crippen LogP contribution in [0.3, 0.4) is 0 Å². The minimum atomic E-state index is -0.0594. The molecule has 0 aliphatic rings. The summed E-state index contributed by atoms with van der Waals surface area (Å²) in [6.45, 7) is 9.99. The van der Waals surface area contributed by atoms with Gasteiger partial charge in [0, 0.05) is 25.2 Å². The Morgan fingerprint density at radius 2 is 2.05 bits per heavy atom. The fourth-order valence-corrected chi connectivity index (χ4v) is 2.03. The average Bonchev–Trinajstić information content (AvgIpc) is 2.27. The molecule has 5 nitrogen and oxygen atoms in total. The Kier molecular flexibility index (Phi) is 5.54. The normalized spacial score (nSPS) is 11.5. The first-order valence-corrected chi connectivity index (χ1v) is 6.93. The van der Waals surface area contributed by atoms with E-state index in [2.05, 4.69) is 48.0 Å². The molecule has 0 aliphatic carbocycles. The molecule has 1 rings (SSSR count). The van der Waals surface area contributed by atoms with E-state index in [9.17, 15) is 0 Å². The van der Waals surface area contributed by atoms with Crippen LogP contribution in [-0.2, 0) is 0 Å². The summed E-state index contributed by atoms with van der Waals surface area (Å²) in [4.78, 5) is 11.1. The topological polar surface area (TPSA) is 67.1 Å². The third kappa shape index (κ3) is 5.03. The standard InChI is InChI=1S/C14H27N5/c1-6-9-19(5)13-10-12(16-11(2)17-13)18-14(3,4)7-8-15/h10H,6-9,15H2,1-5H3,(H,16,17,18). The number of hydrogen-bond acceptors (Lipinski definition) is 5. The van der Waals surface area contributed by atoms with Gasteiger partial charge in [0.2, 0.25) is 0 Å². The maximum atomic E-state index is 5.63. The summed E-state index contributed by atoms with van der Waals surface area (Å²) in [5, 5.41) is 3.44. The van der Waals surface area contributed by atoms with Crippen molar-refractivity contribution in [2.24, 2.45) is 5.73 Å². The molecule has 0 bridgehead atoms. The van der Waals surface area contributed by atoms with Gasteiger partial charge in [-0.1, -0.05) is 6.92 Å². The van der Waals surface area contributed by atoms with E-state index in [1.807, 2.05) is 13.0 Å². The molecular weight excluding hydrogens is 238 g/mol. The lowest BCUT2D eigenvalue weighted by molar-refractivity contribution is 0.524. The Bertz CT molecular complexity index is 403. The number of aryl methyl sites for hydroxylation is 1. The lowest BCUT2D eigenvalue weighted by atomic mass is 10.0. The van der Waals surface area contributed by atoms with Gasteiger partial charge in [0.15, 0.2) is 0 Å². The van der Waals surface area contributed by atoms with Gasteiger partial charge in [0.1, 0.15) is 17.5 Å². The third-order valence-corrected chi connectivity index (χ3v) is 3.01. The summed E-state index contributed by atoms with van der Waals surface area (Å²) in [5.74, 6) is 2.61. The molecule has 3 N–H and O–H groups in total. The number of aromatic nitrogens is 2. The van der Waals surface area contributed by atoms with Gasteiger partial charge >= 0.3 is 0 Å². The number of rotatable bonds is 7. The highest BCUT2D eigenvalue weighted by atomic mass is 15.2. The molecule has 0 radical (unpaired) electrons. The minimum Gasteiger partial charge on any atom is -0.365 e. The fourth-order valence-electron chi connectivity index (χ4n) is 2.03. The van der Waals surface area contributed by atoms with Crippen LogP contribution in [0.2, 0.25) is 0 Å². The van der Waals surface area contributed by atoms with E-state index in [1.54, 1.807) is 0 Å². The van der Waals surface area contributed by atoms with Gasteiger partial charge in [-0.25, -0.2) is 9.97 Å². The number of nitrogens with two attached hydrogens (primary N) is 1. The molecule has 1 heterocycles. The summed E-state index contributed by atoms with van der Waals surface area (Å²) < 4.78 is 0. The van der Waals surface area contributed by atoms with Crippen molar-refractivity contribution in [1.82, 2.24) is 9.97 Å². The predicted molar refractivity (Wildman–Crippen MR) is 81.7 cm³/mol. The molecular formula is C14H27N5. The highest BCUT2D eigenvalue weighted by Gasteiger charge is 2.17. The molecule has 108 valence electrons. The van der Waals surface area contributed by atoms with Crippen molar-refractivity contribution in [1.29, 1.82) is 0 Å². The van der Waals surface area contributed by atoms with Crippen molar-refractivity contribution in [3.63, 3.8) is 0 Å². The van der Waals surface area contributed by atoms with E-state index in [0.717, 1.165) is 36.8 Å². The highest BCUT2D eigenvalue weighted by molar-refractivity contribution is 5.50. The number of hydrogen-bond donors (Lipinski definition) is 2. The second-order valence-electron chi connectivity index (χ2n) is 5.63. The van der Waals surface area contributed by atoms with Crippen LogP contribution >= 0.6 is 0 Å². The van der Waals surface area contributed by atoms with Crippen molar-refractivity contribution in [3.05, 3.63) is 11.9 Å². The van der Waals surface area contributed by atoms with Gasteiger partial charge in [-0.3, -0.25) is 0 Å². The molecule has 0 unspecified atom stereocenters. The smallest absolute Gasteiger partial charge is 0.134 e. The number of anilines is 2. The Morgan fingerprint density at radius 3 is 2.63 bits per heavy atom. The van der Waals surface area contributed by atoms with Crippen LogP contribution in [0, 0.1) is 6.92 Å². The third-order valence-electron chi connectivity index (χ3n) is 3.01. The molecule has 0 atom stereocenters. The van der Waals surface area contributed by atoms with E-state index < -0.39 is 0 Å². The highest BCUT2D eigenvalue weighted by Crippen LogP contribution is 2.20. The Labute approximate surface area is 116 Å². The van der Waals surface area contributed by atoms with E-state index >= 15 is 0 Å². The van der Waals surface area contributed by atoms with Crippen LogP contribution in [0.25, 0.3) is 0 Å². The van der Waals surface area contributed by atoms with Gasteiger partial charge in [0.05, 0.1) is 0 Å². The number of nitrogens with zero attached hydrogens (tertiary/aromatic N) is 3. The van der Waals surface area contributed by atoms with Gasteiger partial charge in [-0.15, -0.1) is 0 Å².